The van der Waals surface area contributed by atoms with E-state index < -0.39 is 12.2 Å². The summed E-state index contributed by atoms with van der Waals surface area (Å²) in [5, 5.41) is 6.30. The number of nitrogens with zero attached hydrogens (tertiary/aromatic N) is 4. The summed E-state index contributed by atoms with van der Waals surface area (Å²) in [6.07, 6.45) is 2.64. The van der Waals surface area contributed by atoms with Crippen molar-refractivity contribution in [1.29, 1.82) is 0 Å². The van der Waals surface area contributed by atoms with Gasteiger partial charge in [-0.1, -0.05) is 72.8 Å². The number of rotatable bonds is 11. The summed E-state index contributed by atoms with van der Waals surface area (Å²) in [5.41, 5.74) is 3.31. The highest BCUT2D eigenvalue weighted by Gasteiger charge is 2.50. The third-order valence-corrected chi connectivity index (χ3v) is 9.08. The van der Waals surface area contributed by atoms with Crippen LogP contribution in [0, 0.1) is 0 Å². The van der Waals surface area contributed by atoms with Crippen LogP contribution in [0.2, 0.25) is 0 Å². The fourth-order valence-corrected chi connectivity index (χ4v) is 6.66. The molecule has 1 N–H and O–H groups in total. The molecule has 0 aromatic heterocycles. The molecule has 3 aromatic rings. The monoisotopic (exact) mass is 615 g/mol. The number of methoxy groups -OCH3 is 1. The minimum Gasteiger partial charge on any atom is -0.497 e. The number of hydrazine groups is 1. The molecule has 0 saturated carbocycles. The molecular weight excluding hydrogens is 574 g/mol. The van der Waals surface area contributed by atoms with E-state index in [1.165, 1.54) is 11.1 Å². The quantitative estimate of drug-likeness (QED) is 0.344. The van der Waals surface area contributed by atoms with Gasteiger partial charge in [0.15, 0.2) is 0 Å². The van der Waals surface area contributed by atoms with Crippen molar-refractivity contribution < 1.29 is 19.1 Å². The molecule has 0 aliphatic carbocycles. The summed E-state index contributed by atoms with van der Waals surface area (Å²) >= 11 is 1.65. The number of likely N-dealkylation sites (N-methyl/N-ethyl adjacent to an activating group) is 1. The van der Waals surface area contributed by atoms with E-state index in [9.17, 15) is 14.4 Å². The Labute approximate surface area is 264 Å². The molecule has 2 saturated heterocycles. The van der Waals surface area contributed by atoms with E-state index in [0.29, 0.717) is 19.5 Å². The minimum atomic E-state index is -0.619. The third-order valence-electron chi connectivity index (χ3n) is 8.44. The number of amides is 4. The molecule has 2 atom stereocenters. The van der Waals surface area contributed by atoms with Crippen molar-refractivity contribution >= 4 is 29.6 Å². The van der Waals surface area contributed by atoms with Crippen LogP contribution in [0.1, 0.15) is 35.4 Å². The van der Waals surface area contributed by atoms with Gasteiger partial charge >= 0.3 is 6.03 Å². The molecule has 4 amide bonds. The molecule has 10 heteroatoms. The molecule has 2 aliphatic rings. The van der Waals surface area contributed by atoms with Gasteiger partial charge in [-0.15, -0.1) is 0 Å². The number of nitrogens with one attached hydrogen (secondary N) is 1. The maximum absolute atomic E-state index is 14.0. The predicted molar refractivity (Wildman–Crippen MR) is 173 cm³/mol. The topological polar surface area (TPSA) is 85.4 Å². The molecule has 0 bridgehead atoms. The number of hydrogen-bond donors (Lipinski definition) is 1. The lowest BCUT2D eigenvalue weighted by Gasteiger charge is -2.54. The van der Waals surface area contributed by atoms with E-state index in [2.05, 4.69) is 29.6 Å². The molecule has 0 unspecified atom stereocenters. The van der Waals surface area contributed by atoms with E-state index in [0.717, 1.165) is 23.5 Å². The second-order valence-corrected chi connectivity index (χ2v) is 12.2. The number of carbonyl (C=O) groups is 3. The molecule has 3 aromatic carbocycles. The van der Waals surface area contributed by atoms with Gasteiger partial charge in [-0.25, -0.2) is 14.8 Å². The Morgan fingerprint density at radius 2 is 1.61 bits per heavy atom. The van der Waals surface area contributed by atoms with Crippen LogP contribution in [0.5, 0.6) is 5.75 Å². The van der Waals surface area contributed by atoms with Crippen LogP contribution in [0.4, 0.5) is 4.79 Å². The van der Waals surface area contributed by atoms with E-state index in [1.807, 2.05) is 71.8 Å². The highest BCUT2D eigenvalue weighted by molar-refractivity contribution is 7.98. The number of benzene rings is 3. The number of ether oxygens (including phenoxy) is 1. The zero-order valence-electron chi connectivity index (χ0n) is 25.6. The summed E-state index contributed by atoms with van der Waals surface area (Å²) in [5.74, 6) is 1.40. The molecule has 2 fully saturated rings. The maximum Gasteiger partial charge on any atom is 0.334 e. The van der Waals surface area contributed by atoms with Gasteiger partial charge in [-0.2, -0.15) is 11.8 Å². The summed E-state index contributed by atoms with van der Waals surface area (Å²) < 4.78 is 5.24. The molecule has 232 valence electrons. The first-order valence-electron chi connectivity index (χ1n) is 15.0. The fourth-order valence-electron chi connectivity index (χ4n) is 6.20. The van der Waals surface area contributed by atoms with Gasteiger partial charge in [0.25, 0.3) is 0 Å². The van der Waals surface area contributed by atoms with Crippen LogP contribution >= 0.6 is 11.8 Å². The van der Waals surface area contributed by atoms with Crippen molar-refractivity contribution in [3.05, 3.63) is 102 Å². The average molecular weight is 616 g/mol. The molecule has 9 nitrogen and oxygen atoms in total. The van der Waals surface area contributed by atoms with E-state index in [-0.39, 0.29) is 36.9 Å². The van der Waals surface area contributed by atoms with Gasteiger partial charge in [0.2, 0.25) is 11.8 Å². The summed E-state index contributed by atoms with van der Waals surface area (Å²) in [4.78, 5) is 44.7. The summed E-state index contributed by atoms with van der Waals surface area (Å²) in [6.45, 7) is 1.10. The van der Waals surface area contributed by atoms with Gasteiger partial charge in [-0.3, -0.25) is 9.59 Å². The second-order valence-electron chi connectivity index (χ2n) is 11.2. The van der Waals surface area contributed by atoms with Crippen molar-refractivity contribution in [3.8, 4) is 5.75 Å². The second kappa shape index (κ2) is 14.6. The lowest BCUT2D eigenvalue weighted by atomic mass is 9.88. The van der Waals surface area contributed by atoms with Crippen molar-refractivity contribution in [1.82, 2.24) is 25.1 Å². The highest BCUT2D eigenvalue weighted by Crippen LogP contribution is 2.31. The Hall–Kier alpha value is -4.02. The number of piperazine rings is 1. The minimum absolute atomic E-state index is 0.0274. The van der Waals surface area contributed by atoms with Crippen LogP contribution in [0.15, 0.2) is 84.9 Å². The Balaban J connectivity index is 1.38. The molecule has 0 radical (unpaired) electrons. The number of urea groups is 1. The smallest absolute Gasteiger partial charge is 0.334 e. The Kier molecular flexibility index (Phi) is 10.4. The number of fused-ring (bicyclic) bond motifs is 1. The fraction of sp³-hybridized carbons (Fsp3) is 0.382. The van der Waals surface area contributed by atoms with E-state index in [1.54, 1.807) is 40.8 Å². The van der Waals surface area contributed by atoms with Crippen LogP contribution in [0.3, 0.4) is 0 Å². The Morgan fingerprint density at radius 1 is 0.977 bits per heavy atom. The maximum atomic E-state index is 14.0. The SMILES string of the molecule is COc1ccc(CNC(=O)N2[C@H]3CN(CCC(c4ccccc4)c4ccccc4)C(=O)[C@H](CCSC)N3C(=O)CN2C)cc1. The highest BCUT2D eigenvalue weighted by atomic mass is 32.2. The number of carbonyl (C=O) groups excluding carboxylic acids is 3. The van der Waals surface area contributed by atoms with Crippen LogP contribution in [-0.2, 0) is 16.1 Å². The van der Waals surface area contributed by atoms with Crippen LogP contribution in [-0.4, -0.2) is 95.7 Å². The third kappa shape index (κ3) is 7.03. The molecule has 2 heterocycles. The molecular formula is C34H41N5O4S. The largest absolute Gasteiger partial charge is 0.497 e. The zero-order chi connectivity index (χ0) is 31.1. The lowest BCUT2D eigenvalue weighted by molar-refractivity contribution is -0.187. The van der Waals surface area contributed by atoms with Gasteiger partial charge in [-0.05, 0) is 53.7 Å². The van der Waals surface area contributed by atoms with Crippen LogP contribution < -0.4 is 10.1 Å². The van der Waals surface area contributed by atoms with Gasteiger partial charge < -0.3 is 19.9 Å². The van der Waals surface area contributed by atoms with Crippen molar-refractivity contribution in [3.63, 3.8) is 0 Å². The van der Waals surface area contributed by atoms with Gasteiger partial charge in [0, 0.05) is 26.1 Å². The predicted octanol–water partition coefficient (Wildman–Crippen LogP) is 4.41. The normalized spacial score (nSPS) is 18.9. The van der Waals surface area contributed by atoms with E-state index in [4.69, 9.17) is 4.74 Å². The van der Waals surface area contributed by atoms with E-state index >= 15 is 0 Å². The Morgan fingerprint density at radius 3 is 2.20 bits per heavy atom. The average Bonchev–Trinajstić information content (AvgIpc) is 3.05. The van der Waals surface area contributed by atoms with Crippen LogP contribution in [0.25, 0.3) is 0 Å². The Bertz CT molecular complexity index is 1370. The van der Waals surface area contributed by atoms with Gasteiger partial charge in [0.05, 0.1) is 20.2 Å². The van der Waals surface area contributed by atoms with Crippen molar-refractivity contribution in [2.24, 2.45) is 0 Å². The lowest BCUT2D eigenvalue weighted by Crippen LogP contribution is -2.76. The first-order valence-corrected chi connectivity index (χ1v) is 16.4. The molecule has 44 heavy (non-hydrogen) atoms. The van der Waals surface area contributed by atoms with Gasteiger partial charge in [0.1, 0.15) is 18.0 Å². The van der Waals surface area contributed by atoms with Crippen molar-refractivity contribution in [2.45, 2.75) is 37.5 Å². The standard InChI is InChI=1S/C34H41N5O4S/c1-36-24-32(40)38-30(19-21-44-3)33(41)37(20-18-29(26-10-6-4-7-11-26)27-12-8-5-9-13-27)23-31(38)39(36)34(42)35-22-25-14-16-28(43-2)17-15-25/h4-17,29-31H,18-24H2,1-3H3,(H,35,42)/t30-,31-/m0/s1. The molecule has 2 aliphatic heterocycles. The molecule has 0 spiro atoms. The zero-order valence-corrected chi connectivity index (χ0v) is 26.4. The first-order chi connectivity index (χ1) is 21.4. The number of hydrogen-bond acceptors (Lipinski definition) is 6. The summed E-state index contributed by atoms with van der Waals surface area (Å²) in [6, 6.07) is 27.3. The van der Waals surface area contributed by atoms with Crippen molar-refractivity contribution in [2.75, 3.05) is 45.8 Å². The summed E-state index contributed by atoms with van der Waals surface area (Å²) in [7, 11) is 3.37. The first kappa shape index (κ1) is 31.4. The molecule has 5 rings (SSSR count). The number of thioether (sulfide) groups is 1.